The van der Waals surface area contributed by atoms with Gasteiger partial charge in [0.2, 0.25) is 11.8 Å². The topological polar surface area (TPSA) is 133 Å². The summed E-state index contributed by atoms with van der Waals surface area (Å²) >= 11 is 5.96. The fourth-order valence-corrected chi connectivity index (χ4v) is 3.67. The van der Waals surface area contributed by atoms with Gasteiger partial charge in [-0.05, 0) is 60.0 Å². The third kappa shape index (κ3) is 7.40. The summed E-state index contributed by atoms with van der Waals surface area (Å²) in [4.78, 5) is 22.9. The fraction of sp³-hybridized carbons (Fsp3) is 0.269. The minimum atomic E-state index is -0.295. The lowest BCUT2D eigenvalue weighted by Gasteiger charge is -2.15. The van der Waals surface area contributed by atoms with Crippen LogP contribution in [-0.2, 0) is 16.1 Å². The van der Waals surface area contributed by atoms with Gasteiger partial charge in [0.05, 0.1) is 6.54 Å². The molecule has 1 fully saturated rings. The van der Waals surface area contributed by atoms with Crippen LogP contribution in [-0.4, -0.2) is 46.5 Å². The first-order chi connectivity index (χ1) is 18.6. The van der Waals surface area contributed by atoms with Gasteiger partial charge in [0.25, 0.3) is 11.4 Å². The van der Waals surface area contributed by atoms with E-state index in [9.17, 15) is 9.59 Å². The van der Waals surface area contributed by atoms with Crippen molar-refractivity contribution in [1.29, 1.82) is 0 Å². The molecule has 0 bridgehead atoms. The van der Waals surface area contributed by atoms with Crippen molar-refractivity contribution in [2.75, 3.05) is 30.9 Å². The summed E-state index contributed by atoms with van der Waals surface area (Å²) in [6, 6.07) is 16.0. The molecule has 0 amide bonds. The van der Waals surface area contributed by atoms with Crippen LogP contribution in [0.15, 0.2) is 70.2 Å². The summed E-state index contributed by atoms with van der Waals surface area (Å²) in [6.07, 6.45) is 4.30. The van der Waals surface area contributed by atoms with E-state index >= 15 is 0 Å². The van der Waals surface area contributed by atoms with Crippen molar-refractivity contribution in [3.05, 3.63) is 81.8 Å². The molecule has 2 N–H and O–H groups in total. The minimum Gasteiger partial charge on any atom is -0.436 e. The Morgan fingerprint density at radius 1 is 1.08 bits per heavy atom. The van der Waals surface area contributed by atoms with E-state index in [0.29, 0.717) is 34.8 Å². The van der Waals surface area contributed by atoms with Gasteiger partial charge in [0.15, 0.2) is 0 Å². The number of nitrogens with one attached hydrogen (secondary N) is 2. The summed E-state index contributed by atoms with van der Waals surface area (Å²) in [5.41, 5.74) is 1.31. The van der Waals surface area contributed by atoms with Crippen LogP contribution in [0, 0.1) is 5.92 Å². The quantitative estimate of drug-likeness (QED) is 0.308. The second-order valence-corrected chi connectivity index (χ2v) is 8.75. The lowest BCUT2D eigenvalue weighted by molar-refractivity contribution is -0.113. The van der Waals surface area contributed by atoms with Crippen molar-refractivity contribution in [2.24, 2.45) is 5.92 Å². The molecule has 11 nitrogen and oxygen atoms in total. The van der Waals surface area contributed by atoms with Crippen LogP contribution in [0.4, 0.5) is 17.5 Å². The smallest absolute Gasteiger partial charge is 0.298 e. The highest BCUT2D eigenvalue weighted by molar-refractivity contribution is 6.30. The first-order valence-corrected chi connectivity index (χ1v) is 12.3. The number of aromatic nitrogens is 4. The number of carbonyl (C=O) groups excluding carboxylic acids is 1. The molecular weight excluding hydrogens is 512 g/mol. The van der Waals surface area contributed by atoms with Gasteiger partial charge in [-0.1, -0.05) is 23.7 Å². The molecule has 0 aliphatic carbocycles. The number of ether oxygens (including phenoxy) is 2. The van der Waals surface area contributed by atoms with Gasteiger partial charge in [-0.3, -0.25) is 9.36 Å². The summed E-state index contributed by atoms with van der Waals surface area (Å²) in [5, 5.41) is 18.3. The molecule has 2 aromatic carbocycles. The molecule has 4 aromatic rings. The SMILES string of the molecule is CNc1nnc(Nc2ccc(Oc3ccon3)cc2)n(Cc2ccc(Cl)cc2)c1=O.O=CC1CCOCC1. The van der Waals surface area contributed by atoms with Crippen LogP contribution in [0.25, 0.3) is 0 Å². The Labute approximate surface area is 223 Å². The van der Waals surface area contributed by atoms with E-state index in [1.807, 2.05) is 12.1 Å². The van der Waals surface area contributed by atoms with Crippen LogP contribution in [0.3, 0.4) is 0 Å². The molecule has 1 saturated heterocycles. The predicted octanol–water partition coefficient (Wildman–Crippen LogP) is 4.52. The molecule has 0 spiro atoms. The van der Waals surface area contributed by atoms with Crippen molar-refractivity contribution in [2.45, 2.75) is 19.4 Å². The highest BCUT2D eigenvalue weighted by atomic mass is 35.5. The van der Waals surface area contributed by atoms with Crippen molar-refractivity contribution < 1.29 is 18.8 Å². The molecule has 0 radical (unpaired) electrons. The summed E-state index contributed by atoms with van der Waals surface area (Å²) < 4.78 is 16.8. The van der Waals surface area contributed by atoms with Crippen molar-refractivity contribution in [3.63, 3.8) is 0 Å². The standard InChI is InChI=1S/C20H17ClN6O3.C6H10O2/c1-22-18-19(28)27(12-13-2-4-14(21)5-3-13)20(25-24-18)23-15-6-8-16(9-7-15)30-17-10-11-29-26-17;7-5-6-1-3-8-4-2-6/h2-11H,12H2,1H3,(H,22,24)(H,23,25);5-6H,1-4H2. The molecule has 0 atom stereocenters. The predicted molar refractivity (Wildman–Crippen MR) is 142 cm³/mol. The number of nitrogens with zero attached hydrogens (tertiary/aromatic N) is 4. The normalized spacial score (nSPS) is 13.2. The second-order valence-electron chi connectivity index (χ2n) is 8.31. The molecule has 2 aromatic heterocycles. The Hall–Kier alpha value is -4.22. The molecule has 1 aliphatic rings. The molecule has 198 valence electrons. The number of hydrogen-bond donors (Lipinski definition) is 2. The average Bonchev–Trinajstić information content (AvgIpc) is 3.47. The highest BCUT2D eigenvalue weighted by Crippen LogP contribution is 2.23. The van der Waals surface area contributed by atoms with Gasteiger partial charge >= 0.3 is 0 Å². The van der Waals surface area contributed by atoms with Crippen LogP contribution in [0.1, 0.15) is 18.4 Å². The van der Waals surface area contributed by atoms with E-state index < -0.39 is 0 Å². The maximum atomic E-state index is 12.8. The van der Waals surface area contributed by atoms with Crippen LogP contribution in [0.2, 0.25) is 5.02 Å². The van der Waals surface area contributed by atoms with Crippen molar-refractivity contribution in [3.8, 4) is 11.6 Å². The molecule has 3 heterocycles. The first kappa shape index (κ1) is 26.8. The zero-order chi connectivity index (χ0) is 26.7. The molecule has 38 heavy (non-hydrogen) atoms. The monoisotopic (exact) mass is 538 g/mol. The molecule has 0 saturated carbocycles. The van der Waals surface area contributed by atoms with Crippen LogP contribution in [0.5, 0.6) is 11.6 Å². The average molecular weight is 539 g/mol. The van der Waals surface area contributed by atoms with E-state index in [1.165, 1.54) is 10.8 Å². The third-order valence-corrected chi connectivity index (χ3v) is 5.90. The number of rotatable bonds is 8. The van der Waals surface area contributed by atoms with Gasteiger partial charge in [0, 0.05) is 43.0 Å². The largest absolute Gasteiger partial charge is 0.436 e. The van der Waals surface area contributed by atoms with Gasteiger partial charge < -0.3 is 29.4 Å². The number of aldehydes is 1. The molecule has 12 heteroatoms. The van der Waals surface area contributed by atoms with E-state index in [2.05, 4.69) is 26.0 Å². The molecule has 0 unspecified atom stereocenters. The first-order valence-electron chi connectivity index (χ1n) is 11.9. The Morgan fingerprint density at radius 3 is 2.42 bits per heavy atom. The number of benzene rings is 2. The van der Waals surface area contributed by atoms with Gasteiger partial charge in [0.1, 0.15) is 18.3 Å². The van der Waals surface area contributed by atoms with E-state index in [4.69, 9.17) is 25.6 Å². The Kier molecular flexibility index (Phi) is 9.43. The number of halogens is 1. The van der Waals surface area contributed by atoms with E-state index in [0.717, 1.165) is 37.9 Å². The maximum absolute atomic E-state index is 12.8. The zero-order valence-electron chi connectivity index (χ0n) is 20.7. The zero-order valence-corrected chi connectivity index (χ0v) is 21.4. The van der Waals surface area contributed by atoms with Gasteiger partial charge in [-0.2, -0.15) is 0 Å². The number of carbonyl (C=O) groups is 1. The third-order valence-electron chi connectivity index (χ3n) is 5.64. The van der Waals surface area contributed by atoms with Crippen LogP contribution >= 0.6 is 11.6 Å². The number of hydrogen-bond acceptors (Lipinski definition) is 10. The molecular formula is C26H27ClN6O5. The maximum Gasteiger partial charge on any atom is 0.298 e. The lowest BCUT2D eigenvalue weighted by atomic mass is 10.0. The fourth-order valence-electron chi connectivity index (χ4n) is 3.55. The molecule has 1 aliphatic heterocycles. The van der Waals surface area contributed by atoms with Gasteiger partial charge in [-0.15, -0.1) is 10.2 Å². The van der Waals surface area contributed by atoms with Crippen molar-refractivity contribution >= 4 is 35.3 Å². The summed E-state index contributed by atoms with van der Waals surface area (Å²) in [7, 11) is 1.62. The second kappa shape index (κ2) is 13.4. The Bertz CT molecular complexity index is 1350. The summed E-state index contributed by atoms with van der Waals surface area (Å²) in [5.74, 6) is 1.69. The lowest BCUT2D eigenvalue weighted by Crippen LogP contribution is -2.28. The van der Waals surface area contributed by atoms with Crippen molar-refractivity contribution in [1.82, 2.24) is 19.9 Å². The summed E-state index contributed by atoms with van der Waals surface area (Å²) in [6.45, 7) is 1.84. The Balaban J connectivity index is 0.000000360. The van der Waals surface area contributed by atoms with E-state index in [-0.39, 0.29) is 17.3 Å². The molecule has 5 rings (SSSR count). The van der Waals surface area contributed by atoms with E-state index in [1.54, 1.807) is 49.5 Å². The minimum absolute atomic E-state index is 0.158. The highest BCUT2D eigenvalue weighted by Gasteiger charge is 2.13. The van der Waals surface area contributed by atoms with Crippen LogP contribution < -0.4 is 20.9 Å². The Morgan fingerprint density at radius 2 is 1.82 bits per heavy atom. The van der Waals surface area contributed by atoms with Gasteiger partial charge in [-0.25, -0.2) is 0 Å². The number of anilines is 3.